The number of esters is 1. The van der Waals surface area contributed by atoms with E-state index in [1.165, 1.54) is 24.5 Å². The fourth-order valence-corrected chi connectivity index (χ4v) is 5.93. The molecule has 194 valence electrons. The smallest absolute Gasteiger partial charge is 0.307 e. The fraction of sp³-hybridized carbons (Fsp3) is 0.321. The van der Waals surface area contributed by atoms with Gasteiger partial charge in [-0.05, 0) is 59.4 Å². The molecule has 2 heterocycles. The van der Waals surface area contributed by atoms with Gasteiger partial charge in [0.05, 0.1) is 28.3 Å². The highest BCUT2D eigenvalue weighted by Gasteiger charge is 2.28. The molecule has 1 N–H and O–H groups in total. The summed E-state index contributed by atoms with van der Waals surface area (Å²) in [5, 5.41) is 6.88. The summed E-state index contributed by atoms with van der Waals surface area (Å²) in [5.74, 6) is -0.826. The minimum absolute atomic E-state index is 0.0991. The molecule has 0 radical (unpaired) electrons. The SMILES string of the molecule is COC(=O)C[C@H](Cc1ccccc1)NC(=O)C1CCN(C(=O)/C=C/c2cc3ccsc3c(Cl)c2Cl)CC1. The molecule has 0 aliphatic carbocycles. The summed E-state index contributed by atoms with van der Waals surface area (Å²) in [4.78, 5) is 39.4. The Balaban J connectivity index is 1.33. The molecule has 37 heavy (non-hydrogen) atoms. The number of rotatable bonds is 8. The van der Waals surface area contributed by atoms with Gasteiger partial charge in [0.15, 0.2) is 0 Å². The highest BCUT2D eigenvalue weighted by Crippen LogP contribution is 2.37. The Morgan fingerprint density at radius 1 is 1.14 bits per heavy atom. The van der Waals surface area contributed by atoms with Crippen molar-refractivity contribution in [2.75, 3.05) is 20.2 Å². The minimum atomic E-state index is -0.368. The van der Waals surface area contributed by atoms with Gasteiger partial charge in [-0.3, -0.25) is 14.4 Å². The number of benzene rings is 2. The van der Waals surface area contributed by atoms with Crippen LogP contribution >= 0.6 is 34.5 Å². The monoisotopic (exact) mass is 558 g/mol. The molecule has 0 saturated carbocycles. The zero-order chi connectivity index (χ0) is 26.4. The van der Waals surface area contributed by atoms with Crippen molar-refractivity contribution in [1.82, 2.24) is 10.2 Å². The van der Waals surface area contributed by atoms with Crippen molar-refractivity contribution >= 4 is 68.5 Å². The van der Waals surface area contributed by atoms with E-state index in [1.807, 2.05) is 47.8 Å². The first-order valence-electron chi connectivity index (χ1n) is 12.1. The maximum absolute atomic E-state index is 13.0. The minimum Gasteiger partial charge on any atom is -0.469 e. The Labute approximate surface area is 230 Å². The van der Waals surface area contributed by atoms with Crippen LogP contribution in [0.25, 0.3) is 16.2 Å². The molecule has 1 saturated heterocycles. The molecule has 1 aromatic heterocycles. The van der Waals surface area contributed by atoms with Crippen molar-refractivity contribution in [3.63, 3.8) is 0 Å². The van der Waals surface area contributed by atoms with Crippen molar-refractivity contribution in [3.8, 4) is 0 Å². The van der Waals surface area contributed by atoms with Crippen LogP contribution in [0, 0.1) is 5.92 Å². The fourth-order valence-electron chi connectivity index (χ4n) is 4.49. The number of halogens is 2. The number of thiophene rings is 1. The van der Waals surface area contributed by atoms with Crippen LogP contribution < -0.4 is 5.32 Å². The predicted octanol–water partition coefficient (Wildman–Crippen LogP) is 5.75. The number of carbonyl (C=O) groups is 3. The van der Waals surface area contributed by atoms with Crippen LogP contribution in [-0.2, 0) is 25.5 Å². The molecule has 9 heteroatoms. The maximum atomic E-state index is 13.0. The number of hydrogen-bond donors (Lipinski definition) is 1. The van der Waals surface area contributed by atoms with E-state index in [0.29, 0.717) is 48.0 Å². The molecule has 3 aromatic rings. The van der Waals surface area contributed by atoms with Crippen molar-refractivity contribution in [3.05, 3.63) is 75.1 Å². The molecule has 0 unspecified atom stereocenters. The Kier molecular flexibility index (Phi) is 9.24. The van der Waals surface area contributed by atoms with Gasteiger partial charge in [-0.15, -0.1) is 11.3 Å². The first-order chi connectivity index (χ1) is 17.9. The van der Waals surface area contributed by atoms with Crippen molar-refractivity contribution in [1.29, 1.82) is 0 Å². The van der Waals surface area contributed by atoms with E-state index in [2.05, 4.69) is 5.32 Å². The molecule has 0 bridgehead atoms. The average Bonchev–Trinajstić information content (AvgIpc) is 3.39. The van der Waals surface area contributed by atoms with Crippen molar-refractivity contribution < 1.29 is 19.1 Å². The summed E-state index contributed by atoms with van der Waals surface area (Å²) in [6.07, 6.45) is 4.93. The van der Waals surface area contributed by atoms with Gasteiger partial charge in [-0.25, -0.2) is 0 Å². The molecule has 2 amide bonds. The first-order valence-corrected chi connectivity index (χ1v) is 13.7. The lowest BCUT2D eigenvalue weighted by atomic mass is 9.94. The zero-order valence-corrected chi connectivity index (χ0v) is 22.7. The number of nitrogens with one attached hydrogen (secondary N) is 1. The van der Waals surface area contributed by atoms with Crippen molar-refractivity contribution in [2.24, 2.45) is 5.92 Å². The van der Waals surface area contributed by atoms with Crippen LogP contribution in [0.15, 0.2) is 53.9 Å². The van der Waals surface area contributed by atoms with E-state index >= 15 is 0 Å². The number of ether oxygens (including phenoxy) is 1. The zero-order valence-electron chi connectivity index (χ0n) is 20.4. The molecular formula is C28H28Cl2N2O4S. The quantitative estimate of drug-likeness (QED) is 0.282. The summed E-state index contributed by atoms with van der Waals surface area (Å²) in [7, 11) is 1.34. The van der Waals surface area contributed by atoms with E-state index in [4.69, 9.17) is 27.9 Å². The molecule has 6 nitrogen and oxygen atoms in total. The van der Waals surface area contributed by atoms with Gasteiger partial charge in [-0.2, -0.15) is 0 Å². The number of hydrogen-bond acceptors (Lipinski definition) is 5. The number of fused-ring (bicyclic) bond motifs is 1. The van der Waals surface area contributed by atoms with Crippen molar-refractivity contribution in [2.45, 2.75) is 31.7 Å². The second kappa shape index (κ2) is 12.6. The molecular weight excluding hydrogens is 531 g/mol. The van der Waals surface area contributed by atoms with Crippen LogP contribution in [0.3, 0.4) is 0 Å². The Morgan fingerprint density at radius 3 is 2.57 bits per heavy atom. The lowest BCUT2D eigenvalue weighted by molar-refractivity contribution is -0.141. The number of amides is 2. The molecule has 1 atom stereocenters. The van der Waals surface area contributed by atoms with Gasteiger partial charge in [-0.1, -0.05) is 53.5 Å². The number of likely N-dealkylation sites (tertiary alicyclic amines) is 1. The molecule has 1 fully saturated rings. The highest BCUT2D eigenvalue weighted by atomic mass is 35.5. The Hall–Kier alpha value is -2.87. The van der Waals surface area contributed by atoms with Gasteiger partial charge in [0.25, 0.3) is 0 Å². The molecule has 0 spiro atoms. The van der Waals surface area contributed by atoms with Gasteiger partial charge in [0.2, 0.25) is 11.8 Å². The number of nitrogens with zero attached hydrogens (tertiary/aromatic N) is 1. The normalized spacial score (nSPS) is 15.2. The summed E-state index contributed by atoms with van der Waals surface area (Å²) < 4.78 is 5.74. The van der Waals surface area contributed by atoms with E-state index in [9.17, 15) is 14.4 Å². The van der Waals surface area contributed by atoms with Crippen LogP contribution in [0.2, 0.25) is 10.0 Å². The average molecular weight is 560 g/mol. The molecule has 1 aliphatic heterocycles. The standard InChI is InChI=1S/C28H28Cl2N2O4S/c1-36-24(34)17-22(15-18-5-3-2-4-6-18)31-28(35)19-9-12-32(13-10-19)23(33)8-7-20-16-21-11-14-37-27(21)26(30)25(20)29/h2-8,11,14,16,19,22H,9-10,12-13,15,17H2,1H3,(H,31,35)/b8-7+/t22-/m0/s1. The summed E-state index contributed by atoms with van der Waals surface area (Å²) in [6.45, 7) is 0.944. The molecule has 1 aliphatic rings. The van der Waals surface area contributed by atoms with Crippen LogP contribution in [0.5, 0.6) is 0 Å². The summed E-state index contributed by atoms with van der Waals surface area (Å²) in [6, 6.07) is 13.2. The predicted molar refractivity (Wildman–Crippen MR) is 149 cm³/mol. The summed E-state index contributed by atoms with van der Waals surface area (Å²) >= 11 is 14.3. The van der Waals surface area contributed by atoms with Crippen LogP contribution in [0.4, 0.5) is 0 Å². The van der Waals surface area contributed by atoms with E-state index < -0.39 is 0 Å². The van der Waals surface area contributed by atoms with Gasteiger partial charge < -0.3 is 15.0 Å². The number of carbonyl (C=O) groups excluding carboxylic acids is 3. The third kappa shape index (κ3) is 6.92. The second-order valence-corrected chi connectivity index (χ2v) is 10.7. The lowest BCUT2D eigenvalue weighted by Gasteiger charge is -2.31. The lowest BCUT2D eigenvalue weighted by Crippen LogP contribution is -2.46. The second-order valence-electron chi connectivity index (χ2n) is 9.04. The van der Waals surface area contributed by atoms with Gasteiger partial charge in [0.1, 0.15) is 0 Å². The highest BCUT2D eigenvalue weighted by molar-refractivity contribution is 7.18. The van der Waals surface area contributed by atoms with Crippen LogP contribution in [0.1, 0.15) is 30.4 Å². The first kappa shape index (κ1) is 27.2. The summed E-state index contributed by atoms with van der Waals surface area (Å²) in [5.41, 5.74) is 1.72. The van der Waals surface area contributed by atoms with Crippen LogP contribution in [-0.4, -0.2) is 48.9 Å². The molecule has 2 aromatic carbocycles. The Morgan fingerprint density at radius 2 is 1.86 bits per heavy atom. The topological polar surface area (TPSA) is 75.7 Å². The van der Waals surface area contributed by atoms with E-state index in [-0.39, 0.29) is 36.2 Å². The van der Waals surface area contributed by atoms with Gasteiger partial charge in [0, 0.05) is 31.1 Å². The third-order valence-corrected chi connectivity index (χ3v) is 8.49. The van der Waals surface area contributed by atoms with E-state index in [0.717, 1.165) is 15.6 Å². The maximum Gasteiger partial charge on any atom is 0.307 e. The van der Waals surface area contributed by atoms with E-state index in [1.54, 1.807) is 11.0 Å². The third-order valence-electron chi connectivity index (χ3n) is 6.55. The number of piperidine rings is 1. The Bertz CT molecular complexity index is 1300. The van der Waals surface area contributed by atoms with Gasteiger partial charge >= 0.3 is 5.97 Å². The largest absolute Gasteiger partial charge is 0.469 e. The number of methoxy groups -OCH3 is 1. The molecule has 4 rings (SSSR count).